The van der Waals surface area contributed by atoms with E-state index in [1.807, 2.05) is 12.1 Å². The fraction of sp³-hybridized carbons (Fsp3) is 0.531. The Morgan fingerprint density at radius 1 is 1.00 bits per heavy atom. The molecule has 4 aliphatic rings. The zero-order chi connectivity index (χ0) is 26.9. The van der Waals surface area contributed by atoms with E-state index in [4.69, 9.17) is 4.74 Å². The number of benzene rings is 2. The van der Waals surface area contributed by atoms with Crippen molar-refractivity contribution in [2.24, 2.45) is 5.92 Å². The van der Waals surface area contributed by atoms with Gasteiger partial charge in [0.15, 0.2) is 0 Å². The second kappa shape index (κ2) is 11.3. The van der Waals surface area contributed by atoms with Gasteiger partial charge in [0, 0.05) is 43.2 Å². The molecular formula is C32H43N5O2. The molecule has 0 amide bonds. The Kier molecular flexibility index (Phi) is 7.65. The molecule has 0 aromatic heterocycles. The molecular weight excluding hydrogens is 486 g/mol. The van der Waals surface area contributed by atoms with Gasteiger partial charge in [-0.25, -0.2) is 4.79 Å². The fourth-order valence-corrected chi connectivity index (χ4v) is 7.32. The van der Waals surface area contributed by atoms with E-state index in [-0.39, 0.29) is 5.97 Å². The lowest BCUT2D eigenvalue weighted by atomic mass is 9.78. The Bertz CT molecular complexity index is 1220. The number of fused-ring (bicyclic) bond motifs is 3. The van der Waals surface area contributed by atoms with Gasteiger partial charge in [-0.15, -0.1) is 5.53 Å². The van der Waals surface area contributed by atoms with Crippen molar-refractivity contribution in [3.63, 3.8) is 0 Å². The van der Waals surface area contributed by atoms with Crippen molar-refractivity contribution in [3.05, 3.63) is 76.0 Å². The number of piperidine rings is 2. The first-order valence-corrected chi connectivity index (χ1v) is 14.8. The molecule has 3 aliphatic heterocycles. The van der Waals surface area contributed by atoms with Crippen molar-refractivity contribution in [2.75, 3.05) is 52.9 Å². The van der Waals surface area contributed by atoms with Crippen molar-refractivity contribution in [1.29, 1.82) is 0 Å². The van der Waals surface area contributed by atoms with E-state index >= 15 is 0 Å². The summed E-state index contributed by atoms with van der Waals surface area (Å²) in [6, 6.07) is 13.0. The Morgan fingerprint density at radius 2 is 1.79 bits per heavy atom. The van der Waals surface area contributed by atoms with Gasteiger partial charge in [0.25, 0.3) is 0 Å². The molecule has 2 fully saturated rings. The molecule has 208 valence electrons. The summed E-state index contributed by atoms with van der Waals surface area (Å²) in [6.45, 7) is 12.4. The third kappa shape index (κ3) is 5.20. The molecule has 2 aromatic carbocycles. The maximum Gasteiger partial charge on any atom is 0.337 e. The van der Waals surface area contributed by atoms with E-state index < -0.39 is 0 Å². The zero-order valence-electron chi connectivity index (χ0n) is 23.7. The molecule has 7 heteroatoms. The number of hydrogen-bond acceptors (Lipinski definition) is 7. The number of likely N-dealkylation sites (tertiary alicyclic amines) is 2. The van der Waals surface area contributed by atoms with Crippen LogP contribution >= 0.6 is 0 Å². The predicted molar refractivity (Wildman–Crippen MR) is 155 cm³/mol. The Labute approximate surface area is 233 Å². The average Bonchev–Trinajstić information content (AvgIpc) is 3.57. The smallest absolute Gasteiger partial charge is 0.337 e. The molecule has 39 heavy (non-hydrogen) atoms. The van der Waals surface area contributed by atoms with E-state index in [1.165, 1.54) is 73.7 Å². The van der Waals surface area contributed by atoms with Gasteiger partial charge in [0.1, 0.15) is 0 Å². The highest BCUT2D eigenvalue weighted by atomic mass is 16.5. The quantitative estimate of drug-likeness (QED) is 0.514. The molecule has 2 N–H and O–H groups in total. The van der Waals surface area contributed by atoms with Gasteiger partial charge in [-0.1, -0.05) is 31.5 Å². The molecule has 3 heterocycles. The van der Waals surface area contributed by atoms with Crippen LogP contribution in [-0.4, -0.2) is 73.7 Å². The Morgan fingerprint density at radius 3 is 2.54 bits per heavy atom. The number of hydrazine groups is 2. The number of carbonyl (C=O) groups is 1. The number of hydrogen-bond donors (Lipinski definition) is 2. The monoisotopic (exact) mass is 529 g/mol. The number of esters is 1. The van der Waals surface area contributed by atoms with Gasteiger partial charge in [-0.05, 0) is 98.7 Å². The number of likely N-dealkylation sites (N-methyl/N-ethyl adjacent to an activating group) is 1. The minimum atomic E-state index is -0.279. The highest BCUT2D eigenvalue weighted by Crippen LogP contribution is 2.54. The summed E-state index contributed by atoms with van der Waals surface area (Å²) in [5, 5.41) is 2.20. The lowest BCUT2D eigenvalue weighted by molar-refractivity contribution is 0.0600. The van der Waals surface area contributed by atoms with Crippen molar-refractivity contribution in [1.82, 2.24) is 25.8 Å². The van der Waals surface area contributed by atoms with Crippen LogP contribution in [-0.2, 0) is 4.74 Å². The molecule has 2 aromatic rings. The molecule has 1 aliphatic carbocycles. The van der Waals surface area contributed by atoms with Gasteiger partial charge < -0.3 is 20.0 Å². The van der Waals surface area contributed by atoms with Crippen LogP contribution in [0.4, 0.5) is 0 Å². The summed E-state index contributed by atoms with van der Waals surface area (Å²) in [7, 11) is 1.44. The van der Waals surface area contributed by atoms with Crippen molar-refractivity contribution >= 4 is 11.7 Å². The largest absolute Gasteiger partial charge is 0.465 e. The van der Waals surface area contributed by atoms with Crippen molar-refractivity contribution < 1.29 is 9.53 Å². The van der Waals surface area contributed by atoms with E-state index in [0.29, 0.717) is 23.3 Å². The van der Waals surface area contributed by atoms with Crippen molar-refractivity contribution in [2.45, 2.75) is 51.4 Å². The standard InChI is InChI=1S/C32H43N5O2/c1-4-35-15-12-25-29(20-35)27-19-26(30-21-37(34-33-30)17-16-36-13-6-5-7-14-36)22(2)18-28(27)31(25)23-8-10-24(11-9-23)32(38)39-3/h8-11,18-19,21,25,29,31,33-34H,4-7,12-17,20H2,1-3H3. The number of nitrogens with one attached hydrogen (secondary N) is 2. The molecule has 7 nitrogen and oxygen atoms in total. The van der Waals surface area contributed by atoms with Gasteiger partial charge in [-0.2, -0.15) is 0 Å². The molecule has 2 saturated heterocycles. The van der Waals surface area contributed by atoms with E-state index in [9.17, 15) is 4.79 Å². The minimum absolute atomic E-state index is 0.279. The first-order valence-electron chi connectivity index (χ1n) is 14.8. The Hall–Kier alpha value is -2.87. The molecule has 0 bridgehead atoms. The second-order valence-electron chi connectivity index (χ2n) is 11.7. The topological polar surface area (TPSA) is 60.1 Å². The van der Waals surface area contributed by atoms with E-state index in [0.717, 1.165) is 38.4 Å². The van der Waals surface area contributed by atoms with E-state index in [2.05, 4.69) is 70.1 Å². The number of nitrogens with zero attached hydrogens (tertiary/aromatic N) is 3. The van der Waals surface area contributed by atoms with Crippen LogP contribution in [0, 0.1) is 12.8 Å². The summed E-state index contributed by atoms with van der Waals surface area (Å²) < 4.78 is 4.93. The van der Waals surface area contributed by atoms with Crippen LogP contribution < -0.4 is 11.0 Å². The highest BCUT2D eigenvalue weighted by molar-refractivity contribution is 5.89. The Balaban J connectivity index is 1.28. The first kappa shape index (κ1) is 26.4. The predicted octanol–water partition coefficient (Wildman–Crippen LogP) is 4.46. The molecule has 0 saturated carbocycles. The fourth-order valence-electron chi connectivity index (χ4n) is 7.32. The zero-order valence-corrected chi connectivity index (χ0v) is 23.7. The molecule has 3 atom stereocenters. The molecule has 6 rings (SSSR count). The van der Waals surface area contributed by atoms with Crippen LogP contribution in [0.5, 0.6) is 0 Å². The minimum Gasteiger partial charge on any atom is -0.465 e. The maximum atomic E-state index is 12.0. The average molecular weight is 530 g/mol. The van der Waals surface area contributed by atoms with Crippen LogP contribution in [0.15, 0.2) is 42.6 Å². The molecule has 0 radical (unpaired) electrons. The maximum absolute atomic E-state index is 12.0. The second-order valence-corrected chi connectivity index (χ2v) is 11.7. The van der Waals surface area contributed by atoms with Gasteiger partial charge in [0.05, 0.1) is 18.4 Å². The van der Waals surface area contributed by atoms with Crippen LogP contribution in [0.2, 0.25) is 0 Å². The number of aryl methyl sites for hydroxylation is 1. The van der Waals surface area contributed by atoms with Crippen molar-refractivity contribution in [3.8, 4) is 0 Å². The van der Waals surface area contributed by atoms with Crippen LogP contribution in [0.25, 0.3) is 5.70 Å². The number of ether oxygens (including phenoxy) is 1. The summed E-state index contributed by atoms with van der Waals surface area (Å²) in [5.41, 5.74) is 15.5. The van der Waals surface area contributed by atoms with Gasteiger partial charge in [0.2, 0.25) is 0 Å². The summed E-state index contributed by atoms with van der Waals surface area (Å²) in [4.78, 5) is 17.2. The van der Waals surface area contributed by atoms with Crippen LogP contribution in [0.3, 0.4) is 0 Å². The number of rotatable bonds is 7. The van der Waals surface area contributed by atoms with Gasteiger partial charge in [-0.3, -0.25) is 5.01 Å². The SMILES string of the molecule is CCN1CCC2C(C1)c1cc(C3=CN(CCN4CCCCC4)NN3)c(C)cc1C2c1ccc(C(=O)OC)cc1. The third-order valence-corrected chi connectivity index (χ3v) is 9.50. The first-order chi connectivity index (χ1) is 19.1. The number of methoxy groups -OCH3 is 1. The lowest BCUT2D eigenvalue weighted by Crippen LogP contribution is -2.42. The summed E-state index contributed by atoms with van der Waals surface area (Å²) >= 11 is 0. The normalized spacial score (nSPS) is 25.2. The molecule has 3 unspecified atom stereocenters. The lowest BCUT2D eigenvalue weighted by Gasteiger charge is -2.37. The summed E-state index contributed by atoms with van der Waals surface area (Å²) in [6.07, 6.45) is 7.47. The molecule has 0 spiro atoms. The van der Waals surface area contributed by atoms with Crippen LogP contribution in [0.1, 0.15) is 82.6 Å². The van der Waals surface area contributed by atoms with Gasteiger partial charge >= 0.3 is 5.97 Å². The highest BCUT2D eigenvalue weighted by Gasteiger charge is 2.44. The van der Waals surface area contributed by atoms with E-state index in [1.54, 1.807) is 0 Å². The summed E-state index contributed by atoms with van der Waals surface area (Å²) in [5.74, 6) is 1.17. The number of carbonyl (C=O) groups excluding carboxylic acids is 1. The third-order valence-electron chi connectivity index (χ3n) is 9.50.